The SMILES string of the molecule is COc1cc(C)cc(Cc2cc(C)cc(OC)c2C#N)c1C#N. The van der Waals surface area contributed by atoms with Crippen LogP contribution in [-0.2, 0) is 6.42 Å². The van der Waals surface area contributed by atoms with E-state index in [4.69, 9.17) is 9.47 Å². The number of ether oxygens (including phenoxy) is 2. The third-order valence-corrected chi connectivity index (χ3v) is 3.70. The minimum absolute atomic E-state index is 0.474. The van der Waals surface area contributed by atoms with Crippen molar-refractivity contribution >= 4 is 0 Å². The topological polar surface area (TPSA) is 66.0 Å². The van der Waals surface area contributed by atoms with E-state index in [0.717, 1.165) is 22.3 Å². The fourth-order valence-electron chi connectivity index (χ4n) is 2.71. The van der Waals surface area contributed by atoms with Gasteiger partial charge in [0, 0.05) is 6.42 Å². The van der Waals surface area contributed by atoms with Crippen LogP contribution in [0.1, 0.15) is 33.4 Å². The molecule has 0 heterocycles. The van der Waals surface area contributed by atoms with Crippen LogP contribution in [0.5, 0.6) is 11.5 Å². The van der Waals surface area contributed by atoms with Gasteiger partial charge in [-0.2, -0.15) is 10.5 Å². The Hall–Kier alpha value is -2.98. The van der Waals surface area contributed by atoms with Gasteiger partial charge in [0.2, 0.25) is 0 Å². The van der Waals surface area contributed by atoms with E-state index in [2.05, 4.69) is 12.1 Å². The van der Waals surface area contributed by atoms with Gasteiger partial charge in [0.15, 0.2) is 0 Å². The molecule has 2 aromatic carbocycles. The molecule has 0 saturated heterocycles. The van der Waals surface area contributed by atoms with Gasteiger partial charge < -0.3 is 9.47 Å². The molecule has 23 heavy (non-hydrogen) atoms. The molecule has 0 N–H and O–H groups in total. The molecular formula is C19H18N2O2. The van der Waals surface area contributed by atoms with Crippen molar-refractivity contribution in [1.29, 1.82) is 10.5 Å². The van der Waals surface area contributed by atoms with E-state index >= 15 is 0 Å². The van der Waals surface area contributed by atoms with E-state index in [1.807, 2.05) is 38.1 Å². The summed E-state index contributed by atoms with van der Waals surface area (Å²) in [5.41, 5.74) is 4.70. The molecule has 0 aromatic heterocycles. The molecular weight excluding hydrogens is 288 g/mol. The first-order valence-electron chi connectivity index (χ1n) is 7.19. The second kappa shape index (κ2) is 6.85. The van der Waals surface area contributed by atoms with E-state index in [1.165, 1.54) is 0 Å². The number of aryl methyl sites for hydroxylation is 2. The summed E-state index contributed by atoms with van der Waals surface area (Å²) in [4.78, 5) is 0. The van der Waals surface area contributed by atoms with E-state index in [1.54, 1.807) is 14.2 Å². The lowest BCUT2D eigenvalue weighted by Gasteiger charge is -2.13. The predicted octanol–water partition coefficient (Wildman–Crippen LogP) is 3.65. The van der Waals surface area contributed by atoms with Crippen molar-refractivity contribution in [1.82, 2.24) is 0 Å². The van der Waals surface area contributed by atoms with Crippen LogP contribution in [-0.4, -0.2) is 14.2 Å². The number of hydrogen-bond acceptors (Lipinski definition) is 4. The molecule has 2 rings (SSSR count). The second-order valence-electron chi connectivity index (χ2n) is 5.40. The molecule has 0 amide bonds. The van der Waals surface area contributed by atoms with Crippen LogP contribution in [0.15, 0.2) is 24.3 Å². The van der Waals surface area contributed by atoms with Crippen LogP contribution in [0, 0.1) is 36.5 Å². The standard InChI is InChI=1S/C19H18N2O2/c1-12-5-14(16(10-20)18(7-12)22-3)9-15-6-13(2)8-19(23-4)17(15)11-21/h5-8H,9H2,1-4H3. The van der Waals surface area contributed by atoms with Crippen molar-refractivity contribution in [2.24, 2.45) is 0 Å². The number of benzene rings is 2. The van der Waals surface area contributed by atoms with Gasteiger partial charge in [-0.15, -0.1) is 0 Å². The molecule has 0 unspecified atom stereocenters. The third-order valence-electron chi connectivity index (χ3n) is 3.70. The van der Waals surface area contributed by atoms with Crippen molar-refractivity contribution in [2.75, 3.05) is 14.2 Å². The minimum atomic E-state index is 0.474. The zero-order chi connectivity index (χ0) is 17.0. The van der Waals surface area contributed by atoms with Crippen LogP contribution < -0.4 is 9.47 Å². The Morgan fingerprint density at radius 1 is 0.783 bits per heavy atom. The van der Waals surface area contributed by atoms with E-state index in [-0.39, 0.29) is 0 Å². The number of rotatable bonds is 4. The number of nitrogens with zero attached hydrogens (tertiary/aromatic N) is 2. The highest BCUT2D eigenvalue weighted by atomic mass is 16.5. The van der Waals surface area contributed by atoms with E-state index in [0.29, 0.717) is 29.0 Å². The summed E-state index contributed by atoms with van der Waals surface area (Å²) in [7, 11) is 3.10. The molecule has 0 bridgehead atoms. The maximum absolute atomic E-state index is 9.46. The van der Waals surface area contributed by atoms with Crippen LogP contribution >= 0.6 is 0 Å². The fraction of sp³-hybridized carbons (Fsp3) is 0.263. The van der Waals surface area contributed by atoms with Gasteiger partial charge in [0.05, 0.1) is 25.3 Å². The highest BCUT2D eigenvalue weighted by Gasteiger charge is 2.15. The summed E-state index contributed by atoms with van der Waals surface area (Å²) < 4.78 is 10.6. The zero-order valence-corrected chi connectivity index (χ0v) is 13.7. The summed E-state index contributed by atoms with van der Waals surface area (Å²) in [6.07, 6.45) is 0.474. The lowest BCUT2D eigenvalue weighted by molar-refractivity contribution is 0.412. The number of hydrogen-bond donors (Lipinski definition) is 0. The molecule has 0 radical (unpaired) electrons. The van der Waals surface area contributed by atoms with Gasteiger partial charge in [-0.25, -0.2) is 0 Å². The Morgan fingerprint density at radius 3 is 1.48 bits per heavy atom. The molecule has 0 fully saturated rings. The molecule has 4 nitrogen and oxygen atoms in total. The van der Waals surface area contributed by atoms with Gasteiger partial charge in [0.1, 0.15) is 23.6 Å². The summed E-state index contributed by atoms with van der Waals surface area (Å²) in [6, 6.07) is 12.0. The van der Waals surface area contributed by atoms with E-state index < -0.39 is 0 Å². The minimum Gasteiger partial charge on any atom is -0.495 e. The maximum atomic E-state index is 9.46. The molecule has 0 aliphatic carbocycles. The summed E-state index contributed by atoms with van der Waals surface area (Å²) >= 11 is 0. The molecule has 116 valence electrons. The first-order chi connectivity index (χ1) is 11.0. The molecule has 0 atom stereocenters. The van der Waals surface area contributed by atoms with E-state index in [9.17, 15) is 10.5 Å². The molecule has 0 saturated carbocycles. The van der Waals surface area contributed by atoms with Gasteiger partial charge in [-0.3, -0.25) is 0 Å². The summed E-state index contributed by atoms with van der Waals surface area (Å²) in [5.74, 6) is 1.11. The lowest BCUT2D eigenvalue weighted by atomic mass is 9.93. The first kappa shape index (κ1) is 16.4. The fourth-order valence-corrected chi connectivity index (χ4v) is 2.71. The highest BCUT2D eigenvalue weighted by Crippen LogP contribution is 2.30. The number of methoxy groups -OCH3 is 2. The van der Waals surface area contributed by atoms with Crippen molar-refractivity contribution < 1.29 is 9.47 Å². The van der Waals surface area contributed by atoms with Crippen LogP contribution in [0.2, 0.25) is 0 Å². The largest absolute Gasteiger partial charge is 0.495 e. The Morgan fingerprint density at radius 2 is 1.17 bits per heavy atom. The third kappa shape index (κ3) is 3.27. The quantitative estimate of drug-likeness (QED) is 0.864. The maximum Gasteiger partial charge on any atom is 0.137 e. The first-order valence-corrected chi connectivity index (χ1v) is 7.19. The van der Waals surface area contributed by atoms with Crippen molar-refractivity contribution in [3.05, 3.63) is 57.6 Å². The molecule has 0 aliphatic heterocycles. The number of nitriles is 2. The average molecular weight is 306 g/mol. The smallest absolute Gasteiger partial charge is 0.137 e. The Kier molecular flexibility index (Phi) is 4.88. The van der Waals surface area contributed by atoms with Crippen molar-refractivity contribution in [3.63, 3.8) is 0 Å². The molecule has 2 aromatic rings. The molecule has 0 aliphatic rings. The van der Waals surface area contributed by atoms with Gasteiger partial charge >= 0.3 is 0 Å². The van der Waals surface area contributed by atoms with Crippen LogP contribution in [0.3, 0.4) is 0 Å². The van der Waals surface area contributed by atoms with Crippen LogP contribution in [0.25, 0.3) is 0 Å². The Bertz CT molecular complexity index is 757. The Labute approximate surface area is 136 Å². The summed E-state index contributed by atoms with van der Waals surface area (Å²) in [5, 5.41) is 18.9. The zero-order valence-electron chi connectivity index (χ0n) is 13.7. The van der Waals surface area contributed by atoms with Gasteiger partial charge in [0.25, 0.3) is 0 Å². The lowest BCUT2D eigenvalue weighted by Crippen LogP contribution is -2.01. The Balaban J connectivity index is 2.61. The monoisotopic (exact) mass is 306 g/mol. The van der Waals surface area contributed by atoms with Crippen molar-refractivity contribution in [3.8, 4) is 23.6 Å². The van der Waals surface area contributed by atoms with Crippen LogP contribution in [0.4, 0.5) is 0 Å². The van der Waals surface area contributed by atoms with Crippen molar-refractivity contribution in [2.45, 2.75) is 20.3 Å². The predicted molar refractivity (Wildman–Crippen MR) is 87.7 cm³/mol. The average Bonchev–Trinajstić information content (AvgIpc) is 2.53. The molecule has 0 spiro atoms. The van der Waals surface area contributed by atoms with Gasteiger partial charge in [-0.05, 0) is 48.2 Å². The normalized spacial score (nSPS) is 9.83. The highest BCUT2D eigenvalue weighted by molar-refractivity contribution is 5.56. The molecule has 4 heteroatoms. The van der Waals surface area contributed by atoms with Gasteiger partial charge in [-0.1, -0.05) is 12.1 Å². The summed E-state index contributed by atoms with van der Waals surface area (Å²) in [6.45, 7) is 3.91. The second-order valence-corrected chi connectivity index (χ2v) is 5.40.